The van der Waals surface area contributed by atoms with Gasteiger partial charge >= 0.3 is 0 Å². The lowest BCUT2D eigenvalue weighted by Crippen LogP contribution is -2.12. The van der Waals surface area contributed by atoms with Gasteiger partial charge < -0.3 is 10.8 Å². The number of carbonyl (C=O) groups is 1. The molecular formula is C8H8ClNO2. The van der Waals surface area contributed by atoms with E-state index in [0.29, 0.717) is 5.56 Å². The van der Waals surface area contributed by atoms with E-state index >= 15 is 0 Å². The number of aliphatic hydroxyl groups excluding tert-OH is 1. The Hall–Kier alpha value is -1.06. The Morgan fingerprint density at radius 2 is 2.25 bits per heavy atom. The maximum absolute atomic E-state index is 10.7. The molecule has 0 radical (unpaired) electrons. The topological polar surface area (TPSA) is 63.3 Å². The van der Waals surface area contributed by atoms with Crippen molar-refractivity contribution in [1.29, 1.82) is 0 Å². The Balaban J connectivity index is 3.23. The van der Waals surface area contributed by atoms with Crippen molar-refractivity contribution in [2.24, 2.45) is 5.73 Å². The van der Waals surface area contributed by atoms with E-state index in [1.54, 1.807) is 12.1 Å². The van der Waals surface area contributed by atoms with Gasteiger partial charge in [-0.1, -0.05) is 23.7 Å². The second-order valence-electron chi connectivity index (χ2n) is 2.30. The molecule has 1 amide bonds. The highest BCUT2D eigenvalue weighted by Gasteiger charge is 2.08. The second kappa shape index (κ2) is 3.56. The van der Waals surface area contributed by atoms with Gasteiger partial charge in [-0.2, -0.15) is 0 Å². The van der Waals surface area contributed by atoms with Crippen LogP contribution < -0.4 is 5.73 Å². The van der Waals surface area contributed by atoms with Crippen LogP contribution in [-0.2, 0) is 6.61 Å². The number of carbonyl (C=O) groups excluding carboxylic acids is 1. The summed E-state index contributed by atoms with van der Waals surface area (Å²) in [4.78, 5) is 10.7. The third-order valence-corrected chi connectivity index (χ3v) is 1.96. The lowest BCUT2D eigenvalue weighted by Gasteiger charge is -2.03. The van der Waals surface area contributed by atoms with Crippen molar-refractivity contribution in [3.8, 4) is 0 Å². The summed E-state index contributed by atoms with van der Waals surface area (Å²) in [7, 11) is 0. The van der Waals surface area contributed by atoms with E-state index in [4.69, 9.17) is 22.4 Å². The molecule has 0 aliphatic carbocycles. The third kappa shape index (κ3) is 1.57. The van der Waals surface area contributed by atoms with Gasteiger partial charge in [0, 0.05) is 0 Å². The van der Waals surface area contributed by atoms with Crippen LogP contribution in [0.25, 0.3) is 0 Å². The summed E-state index contributed by atoms with van der Waals surface area (Å²) in [5.74, 6) is -0.588. The summed E-state index contributed by atoms with van der Waals surface area (Å²) in [5, 5.41) is 9.02. The molecule has 4 heteroatoms. The molecule has 1 rings (SSSR count). The third-order valence-electron chi connectivity index (χ3n) is 1.51. The second-order valence-corrected chi connectivity index (χ2v) is 2.68. The highest BCUT2D eigenvalue weighted by atomic mass is 35.5. The van der Waals surface area contributed by atoms with Crippen molar-refractivity contribution in [3.05, 3.63) is 34.3 Å². The number of benzene rings is 1. The fourth-order valence-electron chi connectivity index (χ4n) is 0.892. The Kier molecular flexibility index (Phi) is 2.68. The van der Waals surface area contributed by atoms with Crippen molar-refractivity contribution in [3.63, 3.8) is 0 Å². The quantitative estimate of drug-likeness (QED) is 0.720. The van der Waals surface area contributed by atoms with E-state index in [0.717, 1.165) is 0 Å². The number of hydrogen-bond acceptors (Lipinski definition) is 2. The average Bonchev–Trinajstić information content (AvgIpc) is 2.04. The van der Waals surface area contributed by atoms with Crippen molar-refractivity contribution in [2.45, 2.75) is 6.61 Å². The molecule has 0 aromatic heterocycles. The fraction of sp³-hybridized carbons (Fsp3) is 0.125. The predicted octanol–water partition coefficient (Wildman–Crippen LogP) is 0.931. The molecule has 0 bridgehead atoms. The van der Waals surface area contributed by atoms with Crippen LogP contribution in [0, 0.1) is 0 Å². The van der Waals surface area contributed by atoms with E-state index in [-0.39, 0.29) is 17.2 Å². The number of amides is 1. The molecule has 64 valence electrons. The van der Waals surface area contributed by atoms with Crippen LogP contribution in [0.3, 0.4) is 0 Å². The molecule has 1 aromatic rings. The lowest BCUT2D eigenvalue weighted by atomic mass is 10.1. The zero-order valence-electron chi connectivity index (χ0n) is 6.25. The van der Waals surface area contributed by atoms with Crippen LogP contribution >= 0.6 is 11.6 Å². The lowest BCUT2D eigenvalue weighted by molar-refractivity contribution is 0.100. The van der Waals surface area contributed by atoms with Gasteiger partial charge in [-0.25, -0.2) is 0 Å². The van der Waals surface area contributed by atoms with Crippen LogP contribution in [0.2, 0.25) is 5.02 Å². The minimum Gasteiger partial charge on any atom is -0.392 e. The summed E-state index contributed by atoms with van der Waals surface area (Å²) < 4.78 is 0. The van der Waals surface area contributed by atoms with E-state index in [9.17, 15) is 4.79 Å². The van der Waals surface area contributed by atoms with Crippen molar-refractivity contribution >= 4 is 17.5 Å². The minimum atomic E-state index is -0.588. The van der Waals surface area contributed by atoms with Gasteiger partial charge in [0.25, 0.3) is 0 Å². The zero-order valence-corrected chi connectivity index (χ0v) is 7.01. The highest BCUT2D eigenvalue weighted by molar-refractivity contribution is 6.34. The predicted molar refractivity (Wildman–Crippen MR) is 45.9 cm³/mol. The van der Waals surface area contributed by atoms with Crippen LogP contribution in [-0.4, -0.2) is 11.0 Å². The molecule has 0 heterocycles. The molecule has 3 nitrogen and oxygen atoms in total. The van der Waals surface area contributed by atoms with E-state index in [2.05, 4.69) is 0 Å². The number of halogens is 1. The number of aliphatic hydroxyl groups is 1. The molecule has 3 N–H and O–H groups in total. The van der Waals surface area contributed by atoms with Gasteiger partial charge in [0.15, 0.2) is 0 Å². The van der Waals surface area contributed by atoms with Gasteiger partial charge in [-0.05, 0) is 11.6 Å². The monoisotopic (exact) mass is 185 g/mol. The maximum atomic E-state index is 10.7. The molecule has 0 aliphatic rings. The Morgan fingerprint density at radius 3 is 2.75 bits per heavy atom. The van der Waals surface area contributed by atoms with E-state index < -0.39 is 5.91 Å². The molecule has 0 saturated heterocycles. The van der Waals surface area contributed by atoms with E-state index in [1.165, 1.54) is 6.07 Å². The Bertz CT molecular complexity index is 312. The van der Waals surface area contributed by atoms with Crippen molar-refractivity contribution < 1.29 is 9.90 Å². The SMILES string of the molecule is NC(=O)c1cccc(CO)c1Cl. The van der Waals surface area contributed by atoms with Crippen LogP contribution in [0.15, 0.2) is 18.2 Å². The maximum Gasteiger partial charge on any atom is 0.250 e. The smallest absolute Gasteiger partial charge is 0.250 e. The number of nitrogens with two attached hydrogens (primary N) is 1. The van der Waals surface area contributed by atoms with Gasteiger partial charge in [0.1, 0.15) is 0 Å². The van der Waals surface area contributed by atoms with Crippen molar-refractivity contribution in [2.75, 3.05) is 0 Å². The largest absolute Gasteiger partial charge is 0.392 e. The van der Waals surface area contributed by atoms with Gasteiger partial charge in [-0.3, -0.25) is 4.79 Å². The number of rotatable bonds is 2. The minimum absolute atomic E-state index is 0.194. The molecule has 1 aromatic carbocycles. The summed E-state index contributed by atoms with van der Waals surface area (Å²) in [5.41, 5.74) is 5.78. The molecule has 0 fully saturated rings. The first-order valence-corrected chi connectivity index (χ1v) is 3.72. The molecule has 0 atom stereocenters. The molecule has 12 heavy (non-hydrogen) atoms. The first-order chi connectivity index (χ1) is 5.66. The molecule has 0 unspecified atom stereocenters. The molecule has 0 aliphatic heterocycles. The first-order valence-electron chi connectivity index (χ1n) is 3.35. The first kappa shape index (κ1) is 9.03. The summed E-state index contributed by atoms with van der Waals surface area (Å²) >= 11 is 5.74. The van der Waals surface area contributed by atoms with Crippen molar-refractivity contribution in [1.82, 2.24) is 0 Å². The zero-order chi connectivity index (χ0) is 9.14. The molecule has 0 saturated carbocycles. The molecular weight excluding hydrogens is 178 g/mol. The van der Waals surface area contributed by atoms with Crippen LogP contribution in [0.4, 0.5) is 0 Å². The Labute approximate surface area is 74.8 Å². The average molecular weight is 186 g/mol. The number of hydrogen-bond donors (Lipinski definition) is 2. The van der Waals surface area contributed by atoms with Gasteiger partial charge in [0.2, 0.25) is 5.91 Å². The Morgan fingerprint density at radius 1 is 1.58 bits per heavy atom. The molecule has 0 spiro atoms. The van der Waals surface area contributed by atoms with Crippen LogP contribution in [0.1, 0.15) is 15.9 Å². The normalized spacial score (nSPS) is 9.83. The van der Waals surface area contributed by atoms with Gasteiger partial charge in [0.05, 0.1) is 17.2 Å². The number of primary amides is 1. The summed E-state index contributed by atoms with van der Waals surface area (Å²) in [6.07, 6.45) is 0. The standard InChI is InChI=1S/C8H8ClNO2/c9-7-5(4-11)2-1-3-6(7)8(10)12/h1-3,11H,4H2,(H2,10,12). The highest BCUT2D eigenvalue weighted by Crippen LogP contribution is 2.20. The van der Waals surface area contributed by atoms with E-state index in [1.807, 2.05) is 0 Å². The summed E-state index contributed by atoms with van der Waals surface area (Å²) in [6.45, 7) is -0.194. The fourth-order valence-corrected chi connectivity index (χ4v) is 1.17. The van der Waals surface area contributed by atoms with Gasteiger partial charge in [-0.15, -0.1) is 0 Å². The summed E-state index contributed by atoms with van der Waals surface area (Å²) in [6, 6.07) is 4.77. The van der Waals surface area contributed by atoms with Crippen LogP contribution in [0.5, 0.6) is 0 Å².